The number of aryl methyl sites for hydroxylation is 1. The lowest BCUT2D eigenvalue weighted by molar-refractivity contribution is 0.281. The predicted octanol–water partition coefficient (Wildman–Crippen LogP) is 3.12. The maximum absolute atomic E-state index is 12.6. The molecule has 2 N–H and O–H groups in total. The van der Waals surface area contributed by atoms with E-state index in [1.54, 1.807) is 25.1 Å². The smallest absolute Gasteiger partial charge is 0.241 e. The number of aliphatic hydroxyl groups excluding tert-OH is 1. The van der Waals surface area contributed by atoms with Gasteiger partial charge >= 0.3 is 0 Å². The number of rotatable bonds is 9. The molecule has 5 heteroatoms. The average molecular weight is 313 g/mol. The number of hydrogen-bond donors (Lipinski definition) is 2. The number of benzene rings is 1. The Morgan fingerprint density at radius 3 is 2.48 bits per heavy atom. The van der Waals surface area contributed by atoms with E-state index in [1.165, 1.54) is 0 Å². The Morgan fingerprint density at radius 2 is 1.90 bits per heavy atom. The van der Waals surface area contributed by atoms with Crippen LogP contribution in [0.15, 0.2) is 23.1 Å². The molecule has 0 amide bonds. The molecule has 0 fully saturated rings. The van der Waals surface area contributed by atoms with Crippen molar-refractivity contribution >= 4 is 10.0 Å². The average Bonchev–Trinajstić information content (AvgIpc) is 2.45. The van der Waals surface area contributed by atoms with Gasteiger partial charge in [-0.1, -0.05) is 45.2 Å². The van der Waals surface area contributed by atoms with Gasteiger partial charge in [-0.2, -0.15) is 0 Å². The molecule has 0 aromatic heterocycles. The Bertz CT molecular complexity index is 540. The van der Waals surface area contributed by atoms with Crippen LogP contribution >= 0.6 is 0 Å². The summed E-state index contributed by atoms with van der Waals surface area (Å²) in [5.41, 5.74) is 1.31. The second-order valence-electron chi connectivity index (χ2n) is 5.51. The molecule has 0 aliphatic heterocycles. The molecule has 1 aromatic rings. The van der Waals surface area contributed by atoms with E-state index in [1.807, 2.05) is 0 Å². The molecule has 0 bridgehead atoms. The molecule has 0 saturated carbocycles. The van der Waals surface area contributed by atoms with E-state index in [2.05, 4.69) is 18.6 Å². The fraction of sp³-hybridized carbons (Fsp3) is 0.625. The third-order valence-corrected chi connectivity index (χ3v) is 5.25. The highest BCUT2D eigenvalue weighted by Gasteiger charge is 2.21. The highest BCUT2D eigenvalue weighted by molar-refractivity contribution is 7.89. The lowest BCUT2D eigenvalue weighted by Crippen LogP contribution is -2.35. The summed E-state index contributed by atoms with van der Waals surface area (Å²) in [7, 11) is -3.54. The number of sulfonamides is 1. The van der Waals surface area contributed by atoms with Crippen molar-refractivity contribution < 1.29 is 13.5 Å². The zero-order valence-corrected chi connectivity index (χ0v) is 14.0. The summed E-state index contributed by atoms with van der Waals surface area (Å²) in [5.74, 6) is 0. The van der Waals surface area contributed by atoms with E-state index >= 15 is 0 Å². The number of unbranched alkanes of at least 4 members (excludes halogenated alkanes) is 1. The van der Waals surface area contributed by atoms with Crippen molar-refractivity contribution in [2.45, 2.75) is 70.4 Å². The van der Waals surface area contributed by atoms with Crippen molar-refractivity contribution in [2.24, 2.45) is 0 Å². The van der Waals surface area contributed by atoms with Crippen LogP contribution in [0.4, 0.5) is 0 Å². The molecule has 4 nitrogen and oxygen atoms in total. The first kappa shape index (κ1) is 18.1. The third-order valence-electron chi connectivity index (χ3n) is 3.59. The van der Waals surface area contributed by atoms with Gasteiger partial charge < -0.3 is 5.11 Å². The summed E-state index contributed by atoms with van der Waals surface area (Å²) >= 11 is 0. The number of nitrogens with one attached hydrogen (secondary N) is 1. The molecule has 21 heavy (non-hydrogen) atoms. The second-order valence-corrected chi connectivity index (χ2v) is 7.19. The summed E-state index contributed by atoms with van der Waals surface area (Å²) < 4.78 is 28.0. The van der Waals surface area contributed by atoms with E-state index in [4.69, 9.17) is 0 Å². The molecular formula is C16H27NO3S. The summed E-state index contributed by atoms with van der Waals surface area (Å²) in [4.78, 5) is 0.270. The number of hydrogen-bond acceptors (Lipinski definition) is 3. The van der Waals surface area contributed by atoms with Gasteiger partial charge in [-0.3, -0.25) is 0 Å². The van der Waals surface area contributed by atoms with Crippen molar-refractivity contribution in [1.29, 1.82) is 0 Å². The van der Waals surface area contributed by atoms with Crippen LogP contribution in [0.1, 0.15) is 57.1 Å². The van der Waals surface area contributed by atoms with Gasteiger partial charge in [-0.15, -0.1) is 0 Å². The van der Waals surface area contributed by atoms with E-state index in [9.17, 15) is 13.5 Å². The Kier molecular flexibility index (Phi) is 7.35. The predicted molar refractivity (Wildman–Crippen MR) is 85.6 cm³/mol. The SMILES string of the molecule is CCCCC(CCC)NS(=O)(=O)c1cc(CO)ccc1C. The van der Waals surface area contributed by atoms with Gasteiger partial charge in [0.05, 0.1) is 11.5 Å². The zero-order chi connectivity index (χ0) is 15.9. The van der Waals surface area contributed by atoms with Crippen LogP contribution in [0.25, 0.3) is 0 Å². The van der Waals surface area contributed by atoms with Crippen molar-refractivity contribution in [2.75, 3.05) is 0 Å². The van der Waals surface area contributed by atoms with Gasteiger partial charge in [0.15, 0.2) is 0 Å². The van der Waals surface area contributed by atoms with Gasteiger partial charge in [0.2, 0.25) is 10.0 Å². The minimum atomic E-state index is -3.54. The molecule has 0 aliphatic rings. The number of aliphatic hydroxyl groups is 1. The molecule has 120 valence electrons. The van der Waals surface area contributed by atoms with E-state index in [-0.39, 0.29) is 17.5 Å². The summed E-state index contributed by atoms with van der Waals surface area (Å²) in [5, 5.41) is 9.19. The monoisotopic (exact) mass is 313 g/mol. The normalized spacial score (nSPS) is 13.3. The van der Waals surface area contributed by atoms with Crippen LogP contribution < -0.4 is 4.72 Å². The highest BCUT2D eigenvalue weighted by atomic mass is 32.2. The molecule has 0 heterocycles. The topological polar surface area (TPSA) is 66.4 Å². The first-order chi connectivity index (χ1) is 9.94. The molecule has 1 unspecified atom stereocenters. The van der Waals surface area contributed by atoms with Crippen LogP contribution in [0, 0.1) is 6.92 Å². The summed E-state index contributed by atoms with van der Waals surface area (Å²) in [6, 6.07) is 5.02. The van der Waals surface area contributed by atoms with Crippen molar-refractivity contribution in [1.82, 2.24) is 4.72 Å². The lowest BCUT2D eigenvalue weighted by Gasteiger charge is -2.19. The van der Waals surface area contributed by atoms with Gasteiger partial charge in [-0.25, -0.2) is 13.1 Å². The fourth-order valence-electron chi connectivity index (χ4n) is 2.38. The Hall–Kier alpha value is -0.910. The maximum Gasteiger partial charge on any atom is 0.241 e. The van der Waals surface area contributed by atoms with E-state index < -0.39 is 10.0 Å². The van der Waals surface area contributed by atoms with Gasteiger partial charge in [0.1, 0.15) is 0 Å². The van der Waals surface area contributed by atoms with Gasteiger partial charge in [0, 0.05) is 6.04 Å². The molecule has 0 radical (unpaired) electrons. The first-order valence-corrected chi connectivity index (χ1v) is 9.15. The maximum atomic E-state index is 12.6. The standard InChI is InChI=1S/C16H27NO3S/c1-4-6-8-15(7-5-2)17-21(19,20)16-11-14(12-18)10-9-13(16)3/h9-11,15,17-18H,4-8,12H2,1-3H3. The van der Waals surface area contributed by atoms with Gasteiger partial charge in [-0.05, 0) is 37.0 Å². The van der Waals surface area contributed by atoms with Gasteiger partial charge in [0.25, 0.3) is 0 Å². The lowest BCUT2D eigenvalue weighted by atomic mass is 10.1. The molecule has 0 spiro atoms. The Morgan fingerprint density at radius 1 is 1.19 bits per heavy atom. The molecule has 0 aliphatic carbocycles. The molecule has 1 aromatic carbocycles. The van der Waals surface area contributed by atoms with E-state index in [0.717, 1.165) is 32.1 Å². The zero-order valence-electron chi connectivity index (χ0n) is 13.2. The summed E-state index contributed by atoms with van der Waals surface area (Å²) in [6.45, 7) is 5.78. The van der Waals surface area contributed by atoms with Crippen LogP contribution in [0.3, 0.4) is 0 Å². The van der Waals surface area contributed by atoms with Crippen LogP contribution in [-0.4, -0.2) is 19.6 Å². The van der Waals surface area contributed by atoms with Crippen molar-refractivity contribution in [3.8, 4) is 0 Å². The quantitative estimate of drug-likeness (QED) is 0.736. The van der Waals surface area contributed by atoms with Crippen LogP contribution in [-0.2, 0) is 16.6 Å². The summed E-state index contributed by atoms with van der Waals surface area (Å²) in [6.07, 6.45) is 4.73. The van der Waals surface area contributed by atoms with Crippen LogP contribution in [0.5, 0.6) is 0 Å². The molecule has 0 saturated heterocycles. The largest absolute Gasteiger partial charge is 0.392 e. The molecule has 1 rings (SSSR count). The first-order valence-electron chi connectivity index (χ1n) is 7.67. The van der Waals surface area contributed by atoms with E-state index in [0.29, 0.717) is 11.1 Å². The Balaban J connectivity index is 2.98. The molecular weight excluding hydrogens is 286 g/mol. The minimum absolute atomic E-state index is 0.0165. The van der Waals surface area contributed by atoms with Crippen LogP contribution in [0.2, 0.25) is 0 Å². The highest BCUT2D eigenvalue weighted by Crippen LogP contribution is 2.19. The fourth-order valence-corrected chi connectivity index (χ4v) is 3.98. The van der Waals surface area contributed by atoms with Crippen molar-refractivity contribution in [3.63, 3.8) is 0 Å². The Labute approximate surface area is 128 Å². The van der Waals surface area contributed by atoms with Crippen molar-refractivity contribution in [3.05, 3.63) is 29.3 Å². The minimum Gasteiger partial charge on any atom is -0.392 e. The molecule has 1 atom stereocenters. The second kappa shape index (κ2) is 8.51. The third kappa shape index (κ3) is 5.41.